The first kappa shape index (κ1) is 29.9. The van der Waals surface area contributed by atoms with Gasteiger partial charge in [0, 0.05) is 25.2 Å². The van der Waals surface area contributed by atoms with E-state index >= 15 is 0 Å². The maximum Gasteiger partial charge on any atom is 1.00 e. The monoisotopic (exact) mass is 425 g/mol. The molecule has 0 aromatic heterocycles. The topological polar surface area (TPSA) is 127 Å². The zero-order valence-corrected chi connectivity index (χ0v) is 20.3. The van der Waals surface area contributed by atoms with Crippen LogP contribution in [-0.2, 0) is 14.4 Å². The van der Waals surface area contributed by atoms with E-state index in [-0.39, 0.29) is 76.7 Å². The fourth-order valence-electron chi connectivity index (χ4n) is 3.10. The van der Waals surface area contributed by atoms with Crippen molar-refractivity contribution in [1.29, 1.82) is 0 Å². The number of carboxylic acids is 2. The van der Waals surface area contributed by atoms with E-state index in [2.05, 4.69) is 11.9 Å². The average molecular weight is 426 g/mol. The largest absolute Gasteiger partial charge is 1.00 e. The van der Waals surface area contributed by atoms with E-state index in [1.54, 1.807) is 0 Å². The Morgan fingerprint density at radius 1 is 0.964 bits per heavy atom. The maximum atomic E-state index is 11.9. The molecule has 0 rings (SSSR count). The molecule has 0 saturated heterocycles. The van der Waals surface area contributed by atoms with Gasteiger partial charge in [0.1, 0.15) is 6.54 Å². The number of rotatable bonds is 18. The van der Waals surface area contributed by atoms with Gasteiger partial charge in [0.05, 0.1) is 39.2 Å². The molecule has 0 aliphatic heterocycles. The fourth-order valence-corrected chi connectivity index (χ4v) is 3.10. The van der Waals surface area contributed by atoms with Crippen molar-refractivity contribution >= 4 is 17.8 Å². The summed E-state index contributed by atoms with van der Waals surface area (Å²) in [5.74, 6) is -2.06. The summed E-state index contributed by atoms with van der Waals surface area (Å²) in [6.45, 7) is 5.86. The number of amides is 1. The Morgan fingerprint density at radius 2 is 1.61 bits per heavy atom. The van der Waals surface area contributed by atoms with Gasteiger partial charge in [-0.05, 0) is 25.7 Å². The van der Waals surface area contributed by atoms with Crippen LogP contribution in [0.3, 0.4) is 0 Å². The molecule has 0 spiro atoms. The molecular weight excluding hydrogens is 391 g/mol. The Bertz CT molecular complexity index is 453. The van der Waals surface area contributed by atoms with Crippen LogP contribution in [0.4, 0.5) is 0 Å². The second-order valence-corrected chi connectivity index (χ2v) is 6.82. The number of nitrogens with one attached hydrogen (secondary N) is 1. The van der Waals surface area contributed by atoms with Crippen LogP contribution >= 0.6 is 0 Å². The van der Waals surface area contributed by atoms with Gasteiger partial charge in [0.15, 0.2) is 0 Å². The predicted molar refractivity (Wildman–Crippen MR) is 99.6 cm³/mol. The number of hydrogen-bond donors (Lipinski definition) is 3. The van der Waals surface area contributed by atoms with Crippen LogP contribution in [0.15, 0.2) is 12.7 Å². The summed E-state index contributed by atoms with van der Waals surface area (Å²) in [5, 5.41) is 31.8. The van der Waals surface area contributed by atoms with Crippen molar-refractivity contribution in [3.63, 3.8) is 0 Å². The van der Waals surface area contributed by atoms with Gasteiger partial charge in [-0.2, -0.15) is 0 Å². The molecule has 0 fully saturated rings. The second-order valence-electron chi connectivity index (χ2n) is 6.82. The third-order valence-corrected chi connectivity index (χ3v) is 4.58. The molecule has 0 bridgehead atoms. The first-order valence-corrected chi connectivity index (χ1v) is 9.60. The number of quaternary nitrogens is 1. The van der Waals surface area contributed by atoms with Crippen molar-refractivity contribution in [2.75, 3.05) is 39.3 Å². The molecule has 28 heavy (non-hydrogen) atoms. The summed E-state index contributed by atoms with van der Waals surface area (Å²) in [6.07, 6.45) is 5.59. The first-order valence-electron chi connectivity index (χ1n) is 9.60. The van der Waals surface area contributed by atoms with E-state index in [1.165, 1.54) is 0 Å². The predicted octanol–water partition coefficient (Wildman–Crippen LogP) is -2.94. The van der Waals surface area contributed by atoms with E-state index in [4.69, 9.17) is 5.11 Å². The van der Waals surface area contributed by atoms with E-state index in [1.807, 2.05) is 6.08 Å². The number of carbonyl (C=O) groups is 3. The van der Waals surface area contributed by atoms with E-state index < -0.39 is 11.9 Å². The Balaban J connectivity index is 0. The third-order valence-electron chi connectivity index (χ3n) is 4.58. The molecule has 8 nitrogen and oxygen atoms in total. The molecule has 0 aromatic carbocycles. The van der Waals surface area contributed by atoms with Crippen LogP contribution in [0.25, 0.3) is 0 Å². The van der Waals surface area contributed by atoms with E-state index in [9.17, 15) is 24.6 Å². The summed E-state index contributed by atoms with van der Waals surface area (Å²) in [7, 11) is 0. The molecule has 9 heteroatoms. The summed E-state index contributed by atoms with van der Waals surface area (Å²) < 4.78 is 0.383. The van der Waals surface area contributed by atoms with Crippen molar-refractivity contribution in [2.45, 2.75) is 51.4 Å². The molecule has 0 heterocycles. The van der Waals surface area contributed by atoms with Crippen molar-refractivity contribution in [1.82, 2.24) is 5.32 Å². The molecule has 0 aromatic rings. The van der Waals surface area contributed by atoms with Crippen molar-refractivity contribution in [2.24, 2.45) is 0 Å². The summed E-state index contributed by atoms with van der Waals surface area (Å²) >= 11 is 0. The quantitative estimate of drug-likeness (QED) is 0.0933. The molecule has 0 saturated carbocycles. The minimum absolute atomic E-state index is 0. The summed E-state index contributed by atoms with van der Waals surface area (Å²) in [5.41, 5.74) is 0. The van der Waals surface area contributed by atoms with Gasteiger partial charge in [-0.3, -0.25) is 9.59 Å². The summed E-state index contributed by atoms with van der Waals surface area (Å²) in [4.78, 5) is 33.4. The number of unbranched alkanes of at least 4 members (excludes halogenated alkanes) is 2. The van der Waals surface area contributed by atoms with Crippen LogP contribution in [0.5, 0.6) is 0 Å². The van der Waals surface area contributed by atoms with Crippen LogP contribution in [0, 0.1) is 0 Å². The normalized spacial score (nSPS) is 12.5. The van der Waals surface area contributed by atoms with Crippen molar-refractivity contribution in [3.05, 3.63) is 12.7 Å². The molecule has 1 amide bonds. The Kier molecular flexibility index (Phi) is 20.0. The van der Waals surface area contributed by atoms with Gasteiger partial charge in [-0.25, -0.2) is 0 Å². The molecule has 156 valence electrons. The SMILES string of the molecule is C=CCCCCC(=O)NCC[N+](CCO)(CCCC(=O)[O-])CCCC(=O)O.[K+]. The Labute approximate surface area is 210 Å². The van der Waals surface area contributed by atoms with Crippen molar-refractivity contribution < 1.29 is 85.6 Å². The molecule has 0 aliphatic carbocycles. The summed E-state index contributed by atoms with van der Waals surface area (Å²) in [6, 6.07) is 0. The number of aliphatic hydroxyl groups is 1. The van der Waals surface area contributed by atoms with Gasteiger partial charge < -0.3 is 29.9 Å². The molecule has 3 N–H and O–H groups in total. The number of aliphatic hydroxyl groups excluding tert-OH is 1. The van der Waals surface area contributed by atoms with Crippen LogP contribution in [-0.4, -0.2) is 71.9 Å². The van der Waals surface area contributed by atoms with Crippen LogP contribution in [0.1, 0.15) is 51.4 Å². The van der Waals surface area contributed by atoms with E-state index in [0.717, 1.165) is 19.3 Å². The minimum atomic E-state index is -1.13. The Hall–Kier alpha value is -0.294. The average Bonchev–Trinajstić information content (AvgIpc) is 2.58. The fraction of sp³-hybridized carbons (Fsp3) is 0.737. The zero-order chi connectivity index (χ0) is 20.5. The number of aliphatic carboxylic acids is 2. The van der Waals surface area contributed by atoms with Gasteiger partial charge in [-0.1, -0.05) is 6.08 Å². The number of allylic oxidation sites excluding steroid dienone is 1. The molecular formula is C19H34KN2O6+. The minimum Gasteiger partial charge on any atom is -0.550 e. The zero-order valence-electron chi connectivity index (χ0n) is 17.2. The van der Waals surface area contributed by atoms with Crippen molar-refractivity contribution in [3.8, 4) is 0 Å². The van der Waals surface area contributed by atoms with Gasteiger partial charge in [0.2, 0.25) is 5.91 Å². The van der Waals surface area contributed by atoms with Gasteiger partial charge in [-0.15, -0.1) is 6.58 Å². The smallest absolute Gasteiger partial charge is 0.550 e. The number of hydrogen-bond acceptors (Lipinski definition) is 5. The molecule has 0 radical (unpaired) electrons. The van der Waals surface area contributed by atoms with Crippen LogP contribution < -0.4 is 61.8 Å². The van der Waals surface area contributed by atoms with Gasteiger partial charge in [0.25, 0.3) is 0 Å². The molecule has 1 atom stereocenters. The second kappa shape index (κ2) is 18.7. The molecule has 0 aliphatic rings. The van der Waals surface area contributed by atoms with Crippen LogP contribution in [0.2, 0.25) is 0 Å². The first-order chi connectivity index (χ1) is 12.8. The number of carboxylic acid groups (broad SMARTS) is 2. The van der Waals surface area contributed by atoms with Gasteiger partial charge >= 0.3 is 57.4 Å². The number of carbonyl (C=O) groups excluding carboxylic acids is 2. The standard InChI is InChI=1S/C19H34N2O6.K/c1-2-3-4-5-8-17(23)20-11-14-21(15-16-22,12-6-9-18(24)25)13-7-10-19(26)27;/h2,22H,1,3-16H2,(H2-,20,23,24,25,26,27);/q;+1. The Morgan fingerprint density at radius 3 is 2.14 bits per heavy atom. The number of nitrogens with zero attached hydrogens (tertiary/aromatic N) is 1. The molecule has 1 unspecified atom stereocenters. The third kappa shape index (κ3) is 16.6. The van der Waals surface area contributed by atoms with E-state index in [0.29, 0.717) is 56.5 Å². The maximum absolute atomic E-state index is 11.9.